The summed E-state index contributed by atoms with van der Waals surface area (Å²) in [4.78, 5) is 15.5. The third-order valence-electron chi connectivity index (χ3n) is 4.42. The minimum Gasteiger partial charge on any atom is -0.394 e. The van der Waals surface area contributed by atoms with Gasteiger partial charge in [-0.25, -0.2) is 14.8 Å². The van der Waals surface area contributed by atoms with Crippen LogP contribution in [0.3, 0.4) is 0 Å². The van der Waals surface area contributed by atoms with Gasteiger partial charge in [-0.15, -0.1) is 0 Å². The summed E-state index contributed by atoms with van der Waals surface area (Å²) in [5, 5.41) is 40.2. The summed E-state index contributed by atoms with van der Waals surface area (Å²) < 4.78 is 20.8. The van der Waals surface area contributed by atoms with Crippen LogP contribution in [0.5, 0.6) is 0 Å². The highest BCUT2D eigenvalue weighted by molar-refractivity contribution is 6.06. The Balaban J connectivity index is 1.98. The van der Waals surface area contributed by atoms with Gasteiger partial charge in [0.15, 0.2) is 6.23 Å². The van der Waals surface area contributed by atoms with E-state index in [-0.39, 0.29) is 21.8 Å². The smallest absolute Gasteiger partial charge is 0.290 e. The molecule has 1 aliphatic heterocycles. The molecule has 132 valence electrons. The molecular weight excluding hydrogens is 337 g/mol. The molecule has 4 rings (SSSR count). The molecule has 25 heavy (non-hydrogen) atoms. The van der Waals surface area contributed by atoms with Crippen LogP contribution >= 0.6 is 0 Å². The average Bonchev–Trinajstić information content (AvgIpc) is 2.96. The van der Waals surface area contributed by atoms with Crippen molar-refractivity contribution in [3.8, 4) is 0 Å². The van der Waals surface area contributed by atoms with Crippen molar-refractivity contribution in [2.24, 2.45) is 0 Å². The van der Waals surface area contributed by atoms with Crippen LogP contribution in [0.15, 0.2) is 17.2 Å². The number of nitrogens with zero attached hydrogens (tertiary/aromatic N) is 4. The number of aromatic amines is 1. The fraction of sp³-hybridized carbons (Fsp3) is 0.429. The van der Waals surface area contributed by atoms with E-state index in [2.05, 4.69) is 20.3 Å². The van der Waals surface area contributed by atoms with Crippen LogP contribution in [0.1, 0.15) is 13.2 Å². The van der Waals surface area contributed by atoms with Crippen molar-refractivity contribution >= 4 is 21.8 Å². The molecule has 1 aliphatic rings. The van der Waals surface area contributed by atoms with Crippen LogP contribution in [0.4, 0.5) is 4.39 Å². The molecule has 0 amide bonds. The van der Waals surface area contributed by atoms with Gasteiger partial charge in [-0.2, -0.15) is 14.6 Å². The molecule has 10 nitrogen and oxygen atoms in total. The monoisotopic (exact) mass is 351 g/mol. The largest absolute Gasteiger partial charge is 0.394 e. The Morgan fingerprint density at radius 2 is 2.28 bits per heavy atom. The van der Waals surface area contributed by atoms with Gasteiger partial charge in [0.25, 0.3) is 5.56 Å². The number of ether oxygens (including phenoxy) is 1. The molecule has 3 aromatic heterocycles. The lowest BCUT2D eigenvalue weighted by molar-refractivity contribution is -0.102. The van der Waals surface area contributed by atoms with Gasteiger partial charge in [-0.3, -0.25) is 4.79 Å². The molecule has 4 heterocycles. The van der Waals surface area contributed by atoms with Crippen LogP contribution in [0.25, 0.3) is 21.8 Å². The van der Waals surface area contributed by atoms with Crippen molar-refractivity contribution in [2.75, 3.05) is 6.61 Å². The van der Waals surface area contributed by atoms with Gasteiger partial charge >= 0.3 is 0 Å². The topological polar surface area (TPSA) is 146 Å². The summed E-state index contributed by atoms with van der Waals surface area (Å²) in [7, 11) is 0. The summed E-state index contributed by atoms with van der Waals surface area (Å²) in [6.07, 6.45) is -1.15. The molecule has 0 aliphatic carbocycles. The first-order valence-electron chi connectivity index (χ1n) is 7.43. The molecule has 1 saturated heterocycles. The quantitative estimate of drug-likeness (QED) is 0.451. The normalized spacial score (nSPS) is 29.7. The minimum atomic E-state index is -1.79. The number of nitrogens with one attached hydrogen (secondary N) is 1. The fourth-order valence-corrected chi connectivity index (χ4v) is 3.11. The molecule has 11 heteroatoms. The minimum absolute atomic E-state index is 0.00941. The van der Waals surface area contributed by atoms with Crippen LogP contribution in [0, 0.1) is 5.95 Å². The first kappa shape index (κ1) is 16.0. The van der Waals surface area contributed by atoms with E-state index in [1.807, 2.05) is 0 Å². The Morgan fingerprint density at radius 3 is 2.96 bits per heavy atom. The highest BCUT2D eigenvalue weighted by Gasteiger charge is 2.53. The molecule has 0 radical (unpaired) electrons. The van der Waals surface area contributed by atoms with Crippen molar-refractivity contribution in [2.45, 2.75) is 31.0 Å². The van der Waals surface area contributed by atoms with Crippen molar-refractivity contribution in [3.05, 3.63) is 28.7 Å². The first-order chi connectivity index (χ1) is 11.8. The number of rotatable bonds is 2. The average molecular weight is 351 g/mol. The Bertz CT molecular complexity index is 1030. The maximum absolute atomic E-state index is 14.2. The summed E-state index contributed by atoms with van der Waals surface area (Å²) >= 11 is 0. The molecule has 0 aromatic carbocycles. The van der Waals surface area contributed by atoms with Crippen molar-refractivity contribution in [1.82, 2.24) is 25.0 Å². The van der Waals surface area contributed by atoms with Crippen molar-refractivity contribution in [3.63, 3.8) is 0 Å². The summed E-state index contributed by atoms with van der Waals surface area (Å²) in [5.74, 6) is -0.884. The van der Waals surface area contributed by atoms with Gasteiger partial charge in [0, 0.05) is 11.6 Å². The Kier molecular flexibility index (Phi) is 3.37. The Morgan fingerprint density at radius 1 is 1.52 bits per heavy atom. The van der Waals surface area contributed by atoms with Gasteiger partial charge in [0.1, 0.15) is 28.8 Å². The first-order valence-corrected chi connectivity index (χ1v) is 7.43. The number of H-pyrrole nitrogens is 1. The van der Waals surface area contributed by atoms with Gasteiger partial charge < -0.3 is 20.1 Å². The highest BCUT2D eigenvalue weighted by atomic mass is 19.1. The van der Waals surface area contributed by atoms with Crippen LogP contribution < -0.4 is 5.56 Å². The second-order valence-electron chi connectivity index (χ2n) is 6.11. The van der Waals surface area contributed by atoms with E-state index in [9.17, 15) is 24.5 Å². The molecular formula is C14H14FN5O5. The summed E-state index contributed by atoms with van der Waals surface area (Å²) in [6, 6.07) is 0. The number of halogens is 1. The molecule has 3 aromatic rings. The van der Waals surface area contributed by atoms with Crippen molar-refractivity contribution in [1.29, 1.82) is 0 Å². The zero-order chi connectivity index (χ0) is 17.9. The van der Waals surface area contributed by atoms with Crippen LogP contribution in [0.2, 0.25) is 0 Å². The lowest BCUT2D eigenvalue weighted by Gasteiger charge is -2.27. The second-order valence-corrected chi connectivity index (χ2v) is 6.11. The molecule has 0 bridgehead atoms. The second kappa shape index (κ2) is 5.26. The predicted octanol–water partition coefficient (Wildman–Crippen LogP) is -1.19. The van der Waals surface area contributed by atoms with Crippen LogP contribution in [-0.4, -0.2) is 64.7 Å². The number of aliphatic hydroxyl groups is 3. The van der Waals surface area contributed by atoms with E-state index in [4.69, 9.17) is 4.74 Å². The van der Waals surface area contributed by atoms with Gasteiger partial charge in [0.05, 0.1) is 18.2 Å². The molecule has 0 saturated carbocycles. The van der Waals surface area contributed by atoms with Gasteiger partial charge in [-0.1, -0.05) is 0 Å². The van der Waals surface area contributed by atoms with Gasteiger partial charge in [-0.05, 0) is 6.92 Å². The number of aliphatic hydroxyl groups excluding tert-OH is 2. The highest BCUT2D eigenvalue weighted by Crippen LogP contribution is 2.38. The number of aromatic nitrogens is 5. The molecule has 0 spiro atoms. The summed E-state index contributed by atoms with van der Waals surface area (Å²) in [6.45, 7) is 0.804. The Labute approximate surface area is 138 Å². The van der Waals surface area contributed by atoms with Gasteiger partial charge in [0.2, 0.25) is 5.95 Å². The molecule has 0 unspecified atom stereocenters. The zero-order valence-electron chi connectivity index (χ0n) is 12.9. The Hall–Kier alpha value is -2.47. The van der Waals surface area contributed by atoms with E-state index in [0.29, 0.717) is 0 Å². The maximum Gasteiger partial charge on any atom is 0.290 e. The molecule has 4 atom stereocenters. The zero-order valence-corrected chi connectivity index (χ0v) is 12.9. The van der Waals surface area contributed by atoms with E-state index >= 15 is 0 Å². The predicted molar refractivity (Wildman–Crippen MR) is 81.0 cm³/mol. The van der Waals surface area contributed by atoms with E-state index in [1.165, 1.54) is 19.3 Å². The van der Waals surface area contributed by atoms with E-state index in [1.54, 1.807) is 0 Å². The SMILES string of the molecule is C[C@@]1(O)[C@H](O)[C@@H](CO)O[C@H]1n1cc2c(F)nc3c(=O)[nH]ncc(n1)c23. The lowest BCUT2D eigenvalue weighted by Crippen LogP contribution is -2.44. The van der Waals surface area contributed by atoms with Crippen molar-refractivity contribution < 1.29 is 24.4 Å². The molecule has 1 fully saturated rings. The lowest BCUT2D eigenvalue weighted by atomic mass is 9.97. The van der Waals surface area contributed by atoms with E-state index in [0.717, 1.165) is 4.68 Å². The van der Waals surface area contributed by atoms with E-state index < -0.39 is 42.2 Å². The number of hydrogen-bond acceptors (Lipinski definition) is 8. The molecule has 4 N–H and O–H groups in total. The van der Waals surface area contributed by atoms with Crippen LogP contribution in [-0.2, 0) is 4.74 Å². The summed E-state index contributed by atoms with van der Waals surface area (Å²) in [5.41, 5.74) is -2.46. The standard InChI is InChI=1S/C14H14FN5O5/c1-14(24)10(22)7(4-21)25-13(14)20-3-5-8-6(19-20)2-16-18-12(23)9(8)17-11(5)15/h2-3,7,10,13,21-22,24H,4H2,1H3,(H,18,23)/t7-,10-,13-,14-/m1/s1. The maximum atomic E-state index is 14.2. The fourth-order valence-electron chi connectivity index (χ4n) is 3.11. The third-order valence-corrected chi connectivity index (χ3v) is 4.42. The number of hydrogen-bond donors (Lipinski definition) is 4. The third kappa shape index (κ3) is 2.17.